The highest BCUT2D eigenvalue weighted by molar-refractivity contribution is 7.10. The highest BCUT2D eigenvalue weighted by Crippen LogP contribution is 2.30. The molecule has 0 radical (unpaired) electrons. The second-order valence-corrected chi connectivity index (χ2v) is 5.09. The molecular formula is C13H16N2O3S. The van der Waals surface area contributed by atoms with Gasteiger partial charge in [0.15, 0.2) is 5.69 Å². The first-order valence-electron chi connectivity index (χ1n) is 5.98. The number of esters is 1. The number of aromatic nitrogens is 2. The molecule has 102 valence electrons. The molecule has 19 heavy (non-hydrogen) atoms. The molecule has 0 amide bonds. The van der Waals surface area contributed by atoms with E-state index in [9.17, 15) is 9.90 Å². The maximum absolute atomic E-state index is 11.9. The Morgan fingerprint density at radius 2 is 2.37 bits per heavy atom. The van der Waals surface area contributed by atoms with Crippen molar-refractivity contribution in [3.8, 4) is 0 Å². The van der Waals surface area contributed by atoms with Gasteiger partial charge in [-0.25, -0.2) is 4.79 Å². The van der Waals surface area contributed by atoms with Crippen LogP contribution < -0.4 is 0 Å². The Hall–Kier alpha value is -1.66. The zero-order valence-corrected chi connectivity index (χ0v) is 11.9. The van der Waals surface area contributed by atoms with E-state index in [1.807, 2.05) is 24.4 Å². The van der Waals surface area contributed by atoms with Crippen LogP contribution in [-0.2, 0) is 11.8 Å². The van der Waals surface area contributed by atoms with E-state index in [0.717, 1.165) is 10.6 Å². The zero-order valence-electron chi connectivity index (χ0n) is 11.1. The zero-order chi connectivity index (χ0) is 14.0. The van der Waals surface area contributed by atoms with E-state index in [4.69, 9.17) is 4.74 Å². The largest absolute Gasteiger partial charge is 0.461 e. The maximum Gasteiger partial charge on any atom is 0.359 e. The molecule has 0 saturated heterocycles. The Morgan fingerprint density at radius 1 is 1.63 bits per heavy atom. The molecule has 1 unspecified atom stereocenters. The van der Waals surface area contributed by atoms with Crippen molar-refractivity contribution >= 4 is 17.3 Å². The summed E-state index contributed by atoms with van der Waals surface area (Å²) in [5, 5.41) is 16.5. The summed E-state index contributed by atoms with van der Waals surface area (Å²) in [6, 6.07) is 3.69. The molecule has 1 N–H and O–H groups in total. The van der Waals surface area contributed by atoms with Gasteiger partial charge in [0.25, 0.3) is 0 Å². The van der Waals surface area contributed by atoms with E-state index in [1.54, 1.807) is 18.7 Å². The highest BCUT2D eigenvalue weighted by Gasteiger charge is 2.27. The second-order valence-electron chi connectivity index (χ2n) is 4.11. The fourth-order valence-electron chi connectivity index (χ4n) is 1.89. The standard InChI is InChI=1S/C13H16N2O3S/c1-4-18-13(17)11-10(8(2)15(3)14-11)12(16)9-6-5-7-19-9/h5-7,12,16H,4H2,1-3H3. The van der Waals surface area contributed by atoms with E-state index >= 15 is 0 Å². The summed E-state index contributed by atoms with van der Waals surface area (Å²) in [6.07, 6.45) is -0.854. The molecule has 0 aliphatic heterocycles. The van der Waals surface area contributed by atoms with Gasteiger partial charge in [0.1, 0.15) is 6.10 Å². The molecule has 2 aromatic heterocycles. The third-order valence-electron chi connectivity index (χ3n) is 2.94. The maximum atomic E-state index is 11.9. The van der Waals surface area contributed by atoms with Crippen molar-refractivity contribution in [2.45, 2.75) is 20.0 Å². The van der Waals surface area contributed by atoms with Crippen LogP contribution >= 0.6 is 11.3 Å². The Balaban J connectivity index is 2.46. The van der Waals surface area contributed by atoms with Gasteiger partial charge in [-0.15, -0.1) is 11.3 Å². The second kappa shape index (κ2) is 5.54. The average molecular weight is 280 g/mol. The fourth-order valence-corrected chi connectivity index (χ4v) is 2.61. The monoisotopic (exact) mass is 280 g/mol. The topological polar surface area (TPSA) is 64.3 Å². The first-order chi connectivity index (χ1) is 9.06. The number of rotatable bonds is 4. The van der Waals surface area contributed by atoms with Gasteiger partial charge in [0, 0.05) is 23.2 Å². The van der Waals surface area contributed by atoms with Crippen molar-refractivity contribution in [3.05, 3.63) is 39.3 Å². The molecule has 0 aliphatic rings. The molecule has 0 fully saturated rings. The van der Waals surface area contributed by atoms with Crippen LogP contribution in [0.4, 0.5) is 0 Å². The quantitative estimate of drug-likeness (QED) is 0.871. The van der Waals surface area contributed by atoms with Crippen LogP contribution in [0.5, 0.6) is 0 Å². The van der Waals surface area contributed by atoms with Crippen LogP contribution in [-0.4, -0.2) is 27.5 Å². The number of aryl methyl sites for hydroxylation is 1. The SMILES string of the molecule is CCOC(=O)c1nn(C)c(C)c1C(O)c1cccs1. The van der Waals surface area contributed by atoms with Gasteiger partial charge in [0.2, 0.25) is 0 Å². The Bertz CT molecular complexity index is 575. The lowest BCUT2D eigenvalue weighted by Crippen LogP contribution is -2.11. The smallest absolute Gasteiger partial charge is 0.359 e. The normalized spacial score (nSPS) is 12.4. The van der Waals surface area contributed by atoms with Gasteiger partial charge in [-0.3, -0.25) is 4.68 Å². The Kier molecular flexibility index (Phi) is 4.01. The van der Waals surface area contributed by atoms with Gasteiger partial charge in [0.05, 0.1) is 6.61 Å². The number of nitrogens with zero attached hydrogens (tertiary/aromatic N) is 2. The van der Waals surface area contributed by atoms with Gasteiger partial charge < -0.3 is 9.84 Å². The van der Waals surface area contributed by atoms with Gasteiger partial charge in [-0.2, -0.15) is 5.10 Å². The number of thiophene rings is 1. The van der Waals surface area contributed by atoms with Crippen LogP contribution in [0, 0.1) is 6.92 Å². The number of hydrogen-bond acceptors (Lipinski definition) is 5. The van der Waals surface area contributed by atoms with Crippen LogP contribution in [0.3, 0.4) is 0 Å². The number of carbonyl (C=O) groups is 1. The number of ether oxygens (including phenoxy) is 1. The van der Waals surface area contributed by atoms with Crippen LogP contribution in [0.1, 0.15) is 39.7 Å². The lowest BCUT2D eigenvalue weighted by Gasteiger charge is -2.10. The number of aliphatic hydroxyl groups excluding tert-OH is 1. The molecule has 0 saturated carbocycles. The predicted octanol–water partition coefficient (Wildman–Crippen LogP) is 2.05. The molecule has 1 atom stereocenters. The molecule has 5 nitrogen and oxygen atoms in total. The summed E-state index contributed by atoms with van der Waals surface area (Å²) in [5.74, 6) is -0.503. The van der Waals surface area contributed by atoms with Crippen molar-refractivity contribution in [3.63, 3.8) is 0 Å². The number of aliphatic hydroxyl groups is 1. The number of carbonyl (C=O) groups excluding carboxylic acids is 1. The lowest BCUT2D eigenvalue weighted by molar-refractivity contribution is 0.0513. The molecule has 2 rings (SSSR count). The Labute approximate surface area is 115 Å². The molecule has 6 heteroatoms. The minimum atomic E-state index is -0.854. The fraction of sp³-hybridized carbons (Fsp3) is 0.385. The molecular weight excluding hydrogens is 264 g/mol. The van der Waals surface area contributed by atoms with Gasteiger partial charge >= 0.3 is 5.97 Å². The van der Waals surface area contributed by atoms with Gasteiger partial charge in [-0.05, 0) is 25.3 Å². The molecule has 0 aliphatic carbocycles. The molecule has 0 aromatic carbocycles. The summed E-state index contributed by atoms with van der Waals surface area (Å²) in [5.41, 5.74) is 1.45. The van der Waals surface area contributed by atoms with E-state index in [2.05, 4.69) is 5.10 Å². The number of hydrogen-bond donors (Lipinski definition) is 1. The van der Waals surface area contributed by atoms with Gasteiger partial charge in [-0.1, -0.05) is 6.07 Å². The highest BCUT2D eigenvalue weighted by atomic mass is 32.1. The molecule has 0 spiro atoms. The minimum absolute atomic E-state index is 0.183. The average Bonchev–Trinajstić information content (AvgIpc) is 2.99. The van der Waals surface area contributed by atoms with E-state index in [0.29, 0.717) is 5.56 Å². The summed E-state index contributed by atoms with van der Waals surface area (Å²) in [6.45, 7) is 3.84. The predicted molar refractivity (Wildman–Crippen MR) is 72.3 cm³/mol. The first kappa shape index (κ1) is 13.8. The lowest BCUT2D eigenvalue weighted by atomic mass is 10.1. The molecule has 0 bridgehead atoms. The third-order valence-corrected chi connectivity index (χ3v) is 3.86. The van der Waals surface area contributed by atoms with Crippen molar-refractivity contribution in [1.29, 1.82) is 0 Å². The van der Waals surface area contributed by atoms with Crippen LogP contribution in [0.25, 0.3) is 0 Å². The summed E-state index contributed by atoms with van der Waals surface area (Å²) >= 11 is 1.44. The first-order valence-corrected chi connectivity index (χ1v) is 6.86. The van der Waals surface area contributed by atoms with E-state index < -0.39 is 12.1 Å². The Morgan fingerprint density at radius 3 is 2.95 bits per heavy atom. The minimum Gasteiger partial charge on any atom is -0.461 e. The summed E-state index contributed by atoms with van der Waals surface area (Å²) in [7, 11) is 1.74. The van der Waals surface area contributed by atoms with Crippen molar-refractivity contribution in [2.75, 3.05) is 6.61 Å². The summed E-state index contributed by atoms with van der Waals surface area (Å²) < 4.78 is 6.56. The van der Waals surface area contributed by atoms with Crippen molar-refractivity contribution < 1.29 is 14.6 Å². The third kappa shape index (κ3) is 2.54. The van der Waals surface area contributed by atoms with E-state index in [1.165, 1.54) is 11.3 Å². The van der Waals surface area contributed by atoms with E-state index in [-0.39, 0.29) is 12.3 Å². The van der Waals surface area contributed by atoms with Crippen LogP contribution in [0.15, 0.2) is 17.5 Å². The molecule has 2 heterocycles. The van der Waals surface area contributed by atoms with Crippen LogP contribution in [0.2, 0.25) is 0 Å². The van der Waals surface area contributed by atoms with Crippen molar-refractivity contribution in [2.24, 2.45) is 7.05 Å². The molecule has 2 aromatic rings. The summed E-state index contributed by atoms with van der Waals surface area (Å²) in [4.78, 5) is 12.7. The van der Waals surface area contributed by atoms with Crippen molar-refractivity contribution in [1.82, 2.24) is 9.78 Å².